The maximum absolute atomic E-state index is 12.0. The molecule has 15 N–H and O–H groups in total. The Morgan fingerprint density at radius 3 is 0.894 bits per heavy atom. The first-order valence-corrected chi connectivity index (χ1v) is 38.2. The van der Waals surface area contributed by atoms with Crippen molar-refractivity contribution in [3.63, 3.8) is 0 Å². The number of carbonyl (C=O) groups is 12. The number of hydrogen-bond acceptors (Lipinski definition) is 23. The van der Waals surface area contributed by atoms with Crippen molar-refractivity contribution in [2.75, 3.05) is 21.3 Å². The van der Waals surface area contributed by atoms with Crippen LogP contribution in [0.4, 0.5) is 14.4 Å². The van der Waals surface area contributed by atoms with Crippen LogP contribution in [0.2, 0.25) is 0 Å². The van der Waals surface area contributed by atoms with E-state index in [4.69, 9.17) is 69.4 Å². The van der Waals surface area contributed by atoms with Gasteiger partial charge in [0, 0.05) is 94.4 Å². The SMILES string of the molecule is C=C(C)C.C=C(C)C.CCC.COC(=O)CC[C@H](C)CC(=O)CC[C@@H](C)N.COC(=O)CC[C@H](C)CC(=O)CC[C@@H](C)NC(=O)OCc1ccccc1.COC(=O)CC[C@H](C)N.C[C@H](CCC(=O)O)NC(=O)OCc1ccccc1.C[C@H](N)CCC(=O)O.O=C(O)CC[C@H](NC(=O)OCc1ccccc1)C(=O)O.O=S(=O)(O)O.[H+]. The zero-order valence-corrected chi connectivity index (χ0v) is 70.1. The standard InChI is InChI=1S/C20H29NO5.C13H15NO6.C13H17NO4.C12H23NO3.C6H13NO2.C5H11NO2.2C4H8.C3H8.H2O4S/c1-15(9-12-19(23)25-3)13-18(22)11-10-16(2)21-20(24)26-14-17-7-5-4-6-8-17;15-11(16)7-6-10(12(17)18)14-13(19)20-8-9-4-2-1-3-5-9;1-10(7-8-12(15)16)14-13(17)18-9-11-5-3-2-4-6-11;1-9(4-7-12(15)16-3)8-11(14)6-5-10(2)13;1-5(7)3-4-6(8)9-2;1-4(6)2-3-5(7)8;2*1-4(2)3;1-3-2;1-5(2,3)4/h4-8,15-16H,9-14H2,1-3H3,(H,21,24);1-5,10H,6-8H2,(H,14,19)(H,15,16)(H,17,18);2-6,10H,7-9H2,1H3,(H,14,17)(H,15,16);9-10H,4-8,13H2,1-3H3;5H,3-4,7H2,1-2H3;4H,2-3,6H2,1H3,(H,7,8);2*1H2,2-3H3;3H2,1-2H3;(H2,1,2,3,4)/p+1/t15-,16+;2*10-;9-,10+;5-;4-;;;;/m001000..../s1. The second-order valence-electron chi connectivity index (χ2n) is 26.7. The van der Waals surface area contributed by atoms with E-state index in [-0.39, 0.29) is 118 Å². The van der Waals surface area contributed by atoms with Crippen LogP contribution in [-0.2, 0) is 102 Å². The summed E-state index contributed by atoms with van der Waals surface area (Å²) in [6.07, 6.45) is 6.32. The van der Waals surface area contributed by atoms with Crippen molar-refractivity contribution in [2.24, 2.45) is 29.0 Å². The molecule has 32 nitrogen and oxygen atoms in total. The Morgan fingerprint density at radius 1 is 0.407 bits per heavy atom. The van der Waals surface area contributed by atoms with Gasteiger partial charge in [0.05, 0.1) is 21.3 Å². The average Bonchev–Trinajstić information content (AvgIpc) is 0.928. The molecule has 3 aromatic carbocycles. The van der Waals surface area contributed by atoms with E-state index < -0.39 is 58.6 Å². The Morgan fingerprint density at radius 2 is 0.637 bits per heavy atom. The van der Waals surface area contributed by atoms with Crippen LogP contribution in [0.5, 0.6) is 0 Å². The summed E-state index contributed by atoms with van der Waals surface area (Å²) in [6, 6.07) is 26.2. The van der Waals surface area contributed by atoms with Crippen molar-refractivity contribution >= 4 is 82.0 Å². The summed E-state index contributed by atoms with van der Waals surface area (Å²) < 4.78 is 60.1. The Labute approximate surface area is 670 Å². The largest absolute Gasteiger partial charge is 1.00 e. The van der Waals surface area contributed by atoms with Crippen LogP contribution in [0.15, 0.2) is 115 Å². The molecule has 0 aliphatic rings. The van der Waals surface area contributed by atoms with Gasteiger partial charge in [-0.2, -0.15) is 8.42 Å². The molecule has 0 fully saturated rings. The number of Topliss-reactive ketones (excluding diaryl/α,β-unsaturated/α-hetero) is 2. The first-order valence-electron chi connectivity index (χ1n) is 36.8. The van der Waals surface area contributed by atoms with E-state index in [1.165, 1.54) is 38.9 Å². The number of carboxylic acid groups (broad SMARTS) is 4. The Balaban J connectivity index is -0.000000194. The van der Waals surface area contributed by atoms with Crippen LogP contribution in [0.25, 0.3) is 0 Å². The summed E-state index contributed by atoms with van der Waals surface area (Å²) >= 11 is 0. The fraction of sp³-hybridized carbons (Fsp3) is 0.575. The normalized spacial score (nSPS) is 11.9. The molecule has 0 radical (unpaired) electrons. The minimum Gasteiger partial charge on any atom is -0.481 e. The fourth-order valence-electron chi connectivity index (χ4n) is 7.53. The highest BCUT2D eigenvalue weighted by molar-refractivity contribution is 7.79. The molecular weight excluding hydrogens is 1490 g/mol. The van der Waals surface area contributed by atoms with Gasteiger partial charge >= 0.3 is 71.9 Å². The van der Waals surface area contributed by atoms with E-state index in [0.717, 1.165) is 23.1 Å². The van der Waals surface area contributed by atoms with E-state index in [0.29, 0.717) is 83.5 Å². The number of nitrogens with one attached hydrogen (secondary N) is 3. The molecule has 33 heteroatoms. The number of nitrogens with two attached hydrogens (primary N) is 3. The van der Waals surface area contributed by atoms with Crippen LogP contribution >= 0.6 is 0 Å². The molecule has 0 unspecified atom stereocenters. The molecule has 0 saturated heterocycles. The molecule has 0 aliphatic heterocycles. The predicted octanol–water partition coefficient (Wildman–Crippen LogP) is 13.2. The molecular formula is C80H135N6O26S+. The summed E-state index contributed by atoms with van der Waals surface area (Å²) in [6.45, 7) is 32.8. The number of amides is 3. The first kappa shape index (κ1) is 117. The van der Waals surface area contributed by atoms with Gasteiger partial charge in [0.25, 0.3) is 0 Å². The number of hydrogen-bond donors (Lipinski definition) is 12. The monoisotopic (exact) mass is 1630 g/mol. The summed E-state index contributed by atoms with van der Waals surface area (Å²) in [5, 5.41) is 41.4. The molecule has 0 heterocycles. The molecule has 0 bridgehead atoms. The molecule has 8 atom stereocenters. The van der Waals surface area contributed by atoms with Gasteiger partial charge < -0.3 is 82.0 Å². The van der Waals surface area contributed by atoms with E-state index in [2.05, 4.69) is 57.2 Å². The number of carbonyl (C=O) groups excluding carboxylic acids is 8. The van der Waals surface area contributed by atoms with Crippen molar-refractivity contribution < 1.29 is 125 Å². The zero-order valence-electron chi connectivity index (χ0n) is 70.2. The van der Waals surface area contributed by atoms with Crippen molar-refractivity contribution in [2.45, 2.75) is 268 Å². The van der Waals surface area contributed by atoms with Gasteiger partial charge in [-0.3, -0.25) is 47.5 Å². The highest BCUT2D eigenvalue weighted by Gasteiger charge is 2.22. The topological polar surface area (TPSA) is 530 Å². The quantitative estimate of drug-likeness (QED) is 0.0110. The van der Waals surface area contributed by atoms with Crippen molar-refractivity contribution in [1.82, 2.24) is 16.0 Å². The molecule has 0 spiro atoms. The van der Waals surface area contributed by atoms with Crippen LogP contribution in [-0.4, -0.2) is 167 Å². The molecule has 3 aromatic rings. The lowest BCUT2D eigenvalue weighted by molar-refractivity contribution is -0.142. The van der Waals surface area contributed by atoms with E-state index >= 15 is 0 Å². The van der Waals surface area contributed by atoms with Gasteiger partial charge in [0.2, 0.25) is 0 Å². The number of carboxylic acids is 4. The Kier molecular flexibility index (Phi) is 78.8. The molecule has 0 saturated carbocycles. The van der Waals surface area contributed by atoms with Crippen molar-refractivity contribution in [1.29, 1.82) is 0 Å². The second kappa shape index (κ2) is 76.3. The first-order chi connectivity index (χ1) is 52.6. The van der Waals surface area contributed by atoms with Crippen molar-refractivity contribution in [3.8, 4) is 0 Å². The predicted molar refractivity (Wildman–Crippen MR) is 433 cm³/mol. The number of benzene rings is 3. The number of allylic oxidation sites excluding steroid dienone is 2. The smallest absolute Gasteiger partial charge is 0.481 e. The maximum Gasteiger partial charge on any atom is 1.00 e. The average molecular weight is 1630 g/mol. The summed E-state index contributed by atoms with van der Waals surface area (Å²) in [4.78, 5) is 132. The second-order valence-corrected chi connectivity index (χ2v) is 27.6. The lowest BCUT2D eigenvalue weighted by Gasteiger charge is -2.14. The fourth-order valence-corrected chi connectivity index (χ4v) is 7.53. The Hall–Kier alpha value is -9.67. The molecule has 0 aliphatic carbocycles. The molecule has 0 aromatic heterocycles. The third-order valence-electron chi connectivity index (χ3n) is 13.3. The van der Waals surface area contributed by atoms with E-state index in [1.54, 1.807) is 38.1 Å². The number of methoxy groups -OCH3 is 3. The number of aliphatic carboxylic acids is 4. The van der Waals surface area contributed by atoms with Gasteiger partial charge in [-0.1, -0.05) is 136 Å². The summed E-state index contributed by atoms with van der Waals surface area (Å²) in [7, 11) is -0.554. The number of rotatable bonds is 38. The molecule has 113 heavy (non-hydrogen) atoms. The van der Waals surface area contributed by atoms with Crippen molar-refractivity contribution in [3.05, 3.63) is 132 Å². The third-order valence-corrected chi connectivity index (χ3v) is 13.3. The lowest BCUT2D eigenvalue weighted by Crippen LogP contribution is -2.41. The minimum absolute atomic E-state index is 0. The van der Waals surface area contributed by atoms with Gasteiger partial charge in [0.15, 0.2) is 0 Å². The summed E-state index contributed by atoms with van der Waals surface area (Å²) in [5.74, 6) is -4.00. The number of ketones is 2. The number of alkyl carbamates (subject to hydrolysis) is 3. The highest BCUT2D eigenvalue weighted by atomic mass is 32.3. The van der Waals surface area contributed by atoms with E-state index in [1.807, 2.05) is 129 Å². The van der Waals surface area contributed by atoms with Gasteiger partial charge in [-0.15, -0.1) is 13.2 Å². The van der Waals surface area contributed by atoms with Gasteiger partial charge in [-0.25, -0.2) is 19.2 Å². The van der Waals surface area contributed by atoms with E-state index in [9.17, 15) is 57.5 Å². The van der Waals surface area contributed by atoms with Crippen LogP contribution in [0.1, 0.15) is 230 Å². The van der Waals surface area contributed by atoms with Crippen LogP contribution < -0.4 is 33.2 Å². The van der Waals surface area contributed by atoms with Gasteiger partial charge in [0.1, 0.15) is 37.4 Å². The van der Waals surface area contributed by atoms with Crippen LogP contribution in [0, 0.1) is 11.8 Å². The zero-order chi connectivity index (χ0) is 88.5. The highest BCUT2D eigenvalue weighted by Crippen LogP contribution is 2.16. The number of esters is 3. The molecule has 3 rings (SSSR count). The summed E-state index contributed by atoms with van der Waals surface area (Å²) in [5.41, 5.74) is 21.2. The number of ether oxygens (including phenoxy) is 6. The molecule has 646 valence electrons. The maximum atomic E-state index is 12.0. The minimum atomic E-state index is -4.67. The van der Waals surface area contributed by atoms with Crippen LogP contribution in [0.3, 0.4) is 0 Å². The van der Waals surface area contributed by atoms with Gasteiger partial charge in [-0.05, 0) is 142 Å². The Bertz CT molecular complexity index is 3180. The lowest BCUT2D eigenvalue weighted by atomic mass is 9.96. The third kappa shape index (κ3) is 104. The molecule has 3 amide bonds.